The number of hydrogen-bond acceptors (Lipinski definition) is 4. The Morgan fingerprint density at radius 3 is 2.93 bits per heavy atom. The van der Waals surface area contributed by atoms with Gasteiger partial charge in [0.1, 0.15) is 0 Å². The molecule has 0 spiro atoms. The second kappa shape index (κ2) is 12.6. The van der Waals surface area contributed by atoms with Crippen LogP contribution in [0.25, 0.3) is 0 Å². The highest BCUT2D eigenvalue weighted by Gasteiger charge is 2.32. The minimum absolute atomic E-state index is 0. The Morgan fingerprint density at radius 1 is 1.32 bits per heavy atom. The van der Waals surface area contributed by atoms with Crippen LogP contribution in [0, 0.1) is 5.92 Å². The summed E-state index contributed by atoms with van der Waals surface area (Å²) in [5.41, 5.74) is 1.21. The van der Waals surface area contributed by atoms with Crippen molar-refractivity contribution in [2.24, 2.45) is 10.9 Å². The molecule has 0 saturated carbocycles. The maximum Gasteiger partial charge on any atom is 0.191 e. The standard InChI is InChI=1S/C21H34N4O2.HI/c1-17(14-26-15-18-7-4-3-5-8-18)11-23-21(22-2)24-12-20-13-25-10-6-9-19(25)16-27-20;/h3-5,7-8,17,19-20H,6,9-16H2,1-2H3,(H2,22,23,24);1H. The van der Waals surface area contributed by atoms with Crippen molar-refractivity contribution in [1.82, 2.24) is 15.5 Å². The van der Waals surface area contributed by atoms with E-state index in [4.69, 9.17) is 9.47 Å². The van der Waals surface area contributed by atoms with Crippen molar-refractivity contribution >= 4 is 29.9 Å². The van der Waals surface area contributed by atoms with Gasteiger partial charge in [-0.3, -0.25) is 9.89 Å². The lowest BCUT2D eigenvalue weighted by molar-refractivity contribution is -0.0453. The van der Waals surface area contributed by atoms with Gasteiger partial charge in [0, 0.05) is 32.7 Å². The van der Waals surface area contributed by atoms with Crippen LogP contribution in [0.4, 0.5) is 0 Å². The maximum atomic E-state index is 6.00. The SMILES string of the molecule is CN=C(NCC(C)COCc1ccccc1)NCC1CN2CCCC2CO1.I. The first-order valence-corrected chi connectivity index (χ1v) is 10.2. The minimum Gasteiger partial charge on any atom is -0.376 e. The van der Waals surface area contributed by atoms with Crippen molar-refractivity contribution < 1.29 is 9.47 Å². The van der Waals surface area contributed by atoms with Crippen LogP contribution in [0.1, 0.15) is 25.3 Å². The van der Waals surface area contributed by atoms with Crippen LogP contribution < -0.4 is 10.6 Å². The van der Waals surface area contributed by atoms with Gasteiger partial charge < -0.3 is 20.1 Å². The Hall–Kier alpha value is -0.900. The van der Waals surface area contributed by atoms with Crippen LogP contribution in [0.3, 0.4) is 0 Å². The number of halogens is 1. The van der Waals surface area contributed by atoms with E-state index in [9.17, 15) is 0 Å². The smallest absolute Gasteiger partial charge is 0.191 e. The van der Waals surface area contributed by atoms with Crippen molar-refractivity contribution in [2.75, 3.05) is 46.4 Å². The molecule has 7 heteroatoms. The second-order valence-corrected chi connectivity index (χ2v) is 7.69. The van der Waals surface area contributed by atoms with Crippen molar-refractivity contribution in [3.05, 3.63) is 35.9 Å². The summed E-state index contributed by atoms with van der Waals surface area (Å²) in [6.45, 7) is 8.30. The molecule has 2 fully saturated rings. The van der Waals surface area contributed by atoms with Gasteiger partial charge >= 0.3 is 0 Å². The monoisotopic (exact) mass is 502 g/mol. The summed E-state index contributed by atoms with van der Waals surface area (Å²) >= 11 is 0. The first kappa shape index (κ1) is 23.4. The Bertz CT molecular complexity index is 587. The second-order valence-electron chi connectivity index (χ2n) is 7.69. The van der Waals surface area contributed by atoms with E-state index in [0.717, 1.165) is 38.8 Å². The summed E-state index contributed by atoms with van der Waals surface area (Å²) in [5.74, 6) is 1.24. The maximum absolute atomic E-state index is 6.00. The number of morpholine rings is 1. The van der Waals surface area contributed by atoms with Gasteiger partial charge in [-0.25, -0.2) is 0 Å². The Balaban J connectivity index is 0.00000280. The number of ether oxygens (including phenoxy) is 2. The van der Waals surface area contributed by atoms with Gasteiger partial charge in [-0.05, 0) is 30.9 Å². The van der Waals surface area contributed by atoms with Gasteiger partial charge in [0.15, 0.2) is 5.96 Å². The van der Waals surface area contributed by atoms with Crippen LogP contribution in [0.5, 0.6) is 0 Å². The Kier molecular flexibility index (Phi) is 10.5. The third kappa shape index (κ3) is 7.50. The molecule has 2 N–H and O–H groups in total. The predicted octanol–water partition coefficient (Wildman–Crippen LogP) is 2.49. The van der Waals surface area contributed by atoms with E-state index >= 15 is 0 Å². The van der Waals surface area contributed by atoms with E-state index in [2.05, 4.69) is 39.6 Å². The zero-order valence-corrected chi connectivity index (χ0v) is 19.4. The molecule has 3 rings (SSSR count). The number of fused-ring (bicyclic) bond motifs is 1. The average molecular weight is 502 g/mol. The predicted molar refractivity (Wildman–Crippen MR) is 124 cm³/mol. The number of guanidine groups is 1. The average Bonchev–Trinajstić information content (AvgIpc) is 3.17. The highest BCUT2D eigenvalue weighted by atomic mass is 127. The molecule has 0 aromatic heterocycles. The molecule has 2 aliphatic rings. The summed E-state index contributed by atoms with van der Waals surface area (Å²) in [6.07, 6.45) is 2.83. The fourth-order valence-electron chi connectivity index (χ4n) is 3.72. The van der Waals surface area contributed by atoms with E-state index in [-0.39, 0.29) is 30.1 Å². The quantitative estimate of drug-likeness (QED) is 0.325. The van der Waals surface area contributed by atoms with Gasteiger partial charge in [-0.15, -0.1) is 24.0 Å². The summed E-state index contributed by atoms with van der Waals surface area (Å²) in [5, 5.41) is 6.80. The van der Waals surface area contributed by atoms with Crippen molar-refractivity contribution in [3.63, 3.8) is 0 Å². The number of nitrogens with one attached hydrogen (secondary N) is 2. The molecule has 1 aromatic rings. The minimum atomic E-state index is 0. The zero-order chi connectivity index (χ0) is 18.9. The molecule has 6 nitrogen and oxygen atoms in total. The summed E-state index contributed by atoms with van der Waals surface area (Å²) in [7, 11) is 1.81. The molecular formula is C21H35IN4O2. The number of aliphatic imine (C=N–C) groups is 1. The summed E-state index contributed by atoms with van der Waals surface area (Å²) < 4.78 is 11.8. The van der Waals surface area contributed by atoms with E-state index in [1.807, 2.05) is 25.2 Å². The van der Waals surface area contributed by atoms with Crippen molar-refractivity contribution in [3.8, 4) is 0 Å². The fraction of sp³-hybridized carbons (Fsp3) is 0.667. The van der Waals surface area contributed by atoms with Gasteiger partial charge in [-0.1, -0.05) is 37.3 Å². The molecule has 2 saturated heterocycles. The number of rotatable bonds is 8. The lowest BCUT2D eigenvalue weighted by Gasteiger charge is -2.35. The summed E-state index contributed by atoms with van der Waals surface area (Å²) in [6, 6.07) is 10.9. The van der Waals surface area contributed by atoms with E-state index < -0.39 is 0 Å². The number of hydrogen-bond donors (Lipinski definition) is 2. The van der Waals surface area contributed by atoms with Gasteiger partial charge in [0.05, 0.1) is 25.9 Å². The van der Waals surface area contributed by atoms with Crippen LogP contribution in [0.15, 0.2) is 35.3 Å². The molecule has 3 unspecified atom stereocenters. The van der Waals surface area contributed by atoms with Gasteiger partial charge in [0.25, 0.3) is 0 Å². The molecule has 158 valence electrons. The first-order chi connectivity index (χ1) is 13.2. The number of benzene rings is 1. The normalized spacial score (nSPS) is 23.6. The van der Waals surface area contributed by atoms with Crippen molar-refractivity contribution in [2.45, 2.75) is 38.5 Å². The van der Waals surface area contributed by atoms with E-state index in [1.165, 1.54) is 24.9 Å². The largest absolute Gasteiger partial charge is 0.376 e. The van der Waals surface area contributed by atoms with Crippen LogP contribution >= 0.6 is 24.0 Å². The number of nitrogens with zero attached hydrogens (tertiary/aromatic N) is 2. The van der Waals surface area contributed by atoms with Crippen LogP contribution in [-0.2, 0) is 16.1 Å². The molecule has 1 aromatic carbocycles. The fourth-order valence-corrected chi connectivity index (χ4v) is 3.72. The molecule has 0 bridgehead atoms. The molecular weight excluding hydrogens is 467 g/mol. The molecule has 0 amide bonds. The third-order valence-electron chi connectivity index (χ3n) is 5.31. The molecule has 3 atom stereocenters. The van der Waals surface area contributed by atoms with E-state index in [1.54, 1.807) is 0 Å². The highest BCUT2D eigenvalue weighted by Crippen LogP contribution is 2.22. The summed E-state index contributed by atoms with van der Waals surface area (Å²) in [4.78, 5) is 6.89. The van der Waals surface area contributed by atoms with E-state index in [0.29, 0.717) is 18.6 Å². The Labute approximate surface area is 186 Å². The van der Waals surface area contributed by atoms with Crippen molar-refractivity contribution in [1.29, 1.82) is 0 Å². The topological polar surface area (TPSA) is 58.1 Å². The first-order valence-electron chi connectivity index (χ1n) is 10.2. The molecule has 0 radical (unpaired) electrons. The molecule has 2 aliphatic heterocycles. The lowest BCUT2D eigenvalue weighted by Crippen LogP contribution is -2.51. The molecule has 28 heavy (non-hydrogen) atoms. The van der Waals surface area contributed by atoms with Crippen LogP contribution in [0.2, 0.25) is 0 Å². The molecule has 2 heterocycles. The lowest BCUT2D eigenvalue weighted by atomic mass is 10.2. The molecule has 0 aliphatic carbocycles. The Morgan fingerprint density at radius 2 is 2.14 bits per heavy atom. The van der Waals surface area contributed by atoms with Gasteiger partial charge in [0.2, 0.25) is 0 Å². The third-order valence-corrected chi connectivity index (χ3v) is 5.31. The zero-order valence-electron chi connectivity index (χ0n) is 17.1. The highest BCUT2D eigenvalue weighted by molar-refractivity contribution is 14.0. The van der Waals surface area contributed by atoms with Crippen LogP contribution in [-0.4, -0.2) is 69.4 Å². The van der Waals surface area contributed by atoms with Gasteiger partial charge in [-0.2, -0.15) is 0 Å².